The summed E-state index contributed by atoms with van der Waals surface area (Å²) in [5, 5.41) is 19.2. The lowest BCUT2D eigenvalue weighted by Crippen LogP contribution is -2.01. The number of nitrogens with one attached hydrogen (secondary N) is 1. The maximum atomic E-state index is 10.9. The van der Waals surface area contributed by atoms with Gasteiger partial charge in [-0.15, -0.1) is 0 Å². The van der Waals surface area contributed by atoms with Crippen molar-refractivity contribution in [3.05, 3.63) is 100.0 Å². The lowest BCUT2D eigenvalue weighted by atomic mass is 10.1. The lowest BCUT2D eigenvalue weighted by Gasteiger charge is -2.08. The normalized spacial score (nSPS) is 10.7. The summed E-state index contributed by atoms with van der Waals surface area (Å²) in [5.74, 6) is 0. The molecule has 7 nitrogen and oxygen atoms in total. The van der Waals surface area contributed by atoms with Crippen LogP contribution in [0.15, 0.2) is 79.3 Å². The second kappa shape index (κ2) is 8.12. The molecule has 0 aliphatic rings. The Hall–Kier alpha value is -3.71. The number of nitro groups is 1. The minimum absolute atomic E-state index is 0.0464. The zero-order valence-electron chi connectivity index (χ0n) is 15.2. The molecule has 4 aromatic rings. The van der Waals surface area contributed by atoms with E-state index < -0.39 is 4.92 Å². The average molecular weight is 406 g/mol. The topological polar surface area (TPSA) is 85.9 Å². The third kappa shape index (κ3) is 4.09. The van der Waals surface area contributed by atoms with Gasteiger partial charge in [-0.1, -0.05) is 29.8 Å². The van der Waals surface area contributed by atoms with Crippen molar-refractivity contribution in [1.82, 2.24) is 14.8 Å². The van der Waals surface area contributed by atoms with Gasteiger partial charge in [0.05, 0.1) is 27.0 Å². The highest BCUT2D eigenvalue weighted by Crippen LogP contribution is 2.29. The van der Waals surface area contributed by atoms with Gasteiger partial charge in [-0.2, -0.15) is 5.10 Å². The van der Waals surface area contributed by atoms with E-state index in [0.29, 0.717) is 17.3 Å². The first-order valence-electron chi connectivity index (χ1n) is 8.84. The number of rotatable bonds is 6. The summed E-state index contributed by atoms with van der Waals surface area (Å²) in [4.78, 5) is 14.5. The van der Waals surface area contributed by atoms with Gasteiger partial charge in [-0.3, -0.25) is 15.1 Å². The van der Waals surface area contributed by atoms with Gasteiger partial charge in [-0.05, 0) is 30.3 Å². The average Bonchev–Trinajstić information content (AvgIpc) is 3.18. The minimum Gasteiger partial charge on any atom is -0.380 e. The zero-order valence-corrected chi connectivity index (χ0v) is 16.0. The van der Waals surface area contributed by atoms with Crippen LogP contribution in [0.1, 0.15) is 5.56 Å². The molecule has 0 spiro atoms. The quantitative estimate of drug-likeness (QED) is 0.356. The van der Waals surface area contributed by atoms with Gasteiger partial charge in [0, 0.05) is 48.4 Å². The van der Waals surface area contributed by atoms with Crippen molar-refractivity contribution in [2.75, 3.05) is 5.32 Å². The van der Waals surface area contributed by atoms with Crippen LogP contribution in [0.5, 0.6) is 0 Å². The Labute approximate surface area is 171 Å². The minimum atomic E-state index is -0.471. The fourth-order valence-electron chi connectivity index (χ4n) is 2.96. The number of benzene rings is 2. The van der Waals surface area contributed by atoms with Crippen LogP contribution in [0, 0.1) is 10.1 Å². The Bertz CT molecular complexity index is 1150. The number of hydrogen-bond acceptors (Lipinski definition) is 5. The van der Waals surface area contributed by atoms with Crippen LogP contribution < -0.4 is 5.32 Å². The molecule has 1 N–H and O–H groups in total. The molecule has 0 radical (unpaired) electrons. The number of nitro benzene ring substituents is 1. The van der Waals surface area contributed by atoms with Crippen LogP contribution in [0.3, 0.4) is 0 Å². The maximum absolute atomic E-state index is 10.9. The van der Waals surface area contributed by atoms with Crippen molar-refractivity contribution in [1.29, 1.82) is 0 Å². The Kier molecular flexibility index (Phi) is 5.22. The van der Waals surface area contributed by atoms with E-state index in [1.54, 1.807) is 18.5 Å². The molecule has 29 heavy (non-hydrogen) atoms. The molecule has 0 aliphatic heterocycles. The molecule has 2 aromatic carbocycles. The predicted molar refractivity (Wildman–Crippen MR) is 112 cm³/mol. The fraction of sp³-hybridized carbons (Fsp3) is 0.0476. The zero-order chi connectivity index (χ0) is 20.2. The molecule has 2 aromatic heterocycles. The SMILES string of the molecule is O=[N+]([O-])c1ccc(NCc2cn(-c3ccccc3)nc2-c2ccncc2)c(Cl)c1. The summed E-state index contributed by atoms with van der Waals surface area (Å²) < 4.78 is 1.82. The highest BCUT2D eigenvalue weighted by atomic mass is 35.5. The second-order valence-electron chi connectivity index (χ2n) is 6.29. The summed E-state index contributed by atoms with van der Waals surface area (Å²) in [6.07, 6.45) is 5.40. The van der Waals surface area contributed by atoms with Crippen LogP contribution in [0.25, 0.3) is 16.9 Å². The van der Waals surface area contributed by atoms with E-state index in [1.807, 2.05) is 53.3 Å². The summed E-state index contributed by atoms with van der Waals surface area (Å²) in [7, 11) is 0. The summed E-state index contributed by atoms with van der Waals surface area (Å²) in [5.41, 5.74) is 4.24. The van der Waals surface area contributed by atoms with E-state index in [2.05, 4.69) is 10.3 Å². The van der Waals surface area contributed by atoms with E-state index in [-0.39, 0.29) is 5.69 Å². The molecule has 0 saturated heterocycles. The van der Waals surface area contributed by atoms with Gasteiger partial charge < -0.3 is 5.32 Å². The third-order valence-corrected chi connectivity index (χ3v) is 4.71. The number of nitrogens with zero attached hydrogens (tertiary/aromatic N) is 4. The first-order valence-corrected chi connectivity index (χ1v) is 9.22. The van der Waals surface area contributed by atoms with Crippen molar-refractivity contribution < 1.29 is 4.92 Å². The van der Waals surface area contributed by atoms with Gasteiger partial charge in [0.2, 0.25) is 0 Å². The van der Waals surface area contributed by atoms with Gasteiger partial charge in [0.15, 0.2) is 0 Å². The van der Waals surface area contributed by atoms with Crippen molar-refractivity contribution >= 4 is 23.0 Å². The van der Waals surface area contributed by atoms with Crippen molar-refractivity contribution in [3.8, 4) is 16.9 Å². The molecular weight excluding hydrogens is 390 g/mol. The molecule has 0 saturated carbocycles. The Morgan fingerprint density at radius 3 is 2.52 bits per heavy atom. The molecule has 0 aliphatic carbocycles. The van der Waals surface area contributed by atoms with Crippen LogP contribution in [-0.4, -0.2) is 19.7 Å². The largest absolute Gasteiger partial charge is 0.380 e. The number of pyridine rings is 1. The van der Waals surface area contributed by atoms with Crippen molar-refractivity contribution in [2.24, 2.45) is 0 Å². The number of halogens is 1. The maximum Gasteiger partial charge on any atom is 0.271 e. The molecular formula is C21H16ClN5O2. The van der Waals surface area contributed by atoms with E-state index in [0.717, 1.165) is 22.5 Å². The fourth-order valence-corrected chi connectivity index (χ4v) is 3.20. The molecule has 0 unspecified atom stereocenters. The summed E-state index contributed by atoms with van der Waals surface area (Å²) >= 11 is 6.20. The van der Waals surface area contributed by atoms with Crippen LogP contribution in [0.2, 0.25) is 5.02 Å². The number of aromatic nitrogens is 3. The molecule has 0 amide bonds. The van der Waals surface area contributed by atoms with Crippen molar-refractivity contribution in [3.63, 3.8) is 0 Å². The van der Waals surface area contributed by atoms with E-state index in [1.165, 1.54) is 12.1 Å². The number of anilines is 1. The van der Waals surface area contributed by atoms with E-state index in [4.69, 9.17) is 16.7 Å². The number of para-hydroxylation sites is 1. The molecule has 0 fully saturated rings. The lowest BCUT2D eigenvalue weighted by molar-refractivity contribution is -0.384. The van der Waals surface area contributed by atoms with Gasteiger partial charge in [-0.25, -0.2) is 4.68 Å². The first-order chi connectivity index (χ1) is 14.1. The number of non-ortho nitro benzene ring substituents is 1. The highest BCUT2D eigenvalue weighted by Gasteiger charge is 2.14. The van der Waals surface area contributed by atoms with Gasteiger partial charge in [0.25, 0.3) is 5.69 Å². The van der Waals surface area contributed by atoms with E-state index in [9.17, 15) is 10.1 Å². The van der Waals surface area contributed by atoms with Gasteiger partial charge >= 0.3 is 0 Å². The molecule has 2 heterocycles. The standard InChI is InChI=1S/C21H16ClN5O2/c22-19-12-18(27(28)29)6-7-20(19)24-13-16-14-26(17-4-2-1-3-5-17)25-21(16)15-8-10-23-11-9-15/h1-12,14,24H,13H2. The molecule has 0 bridgehead atoms. The molecule has 4 rings (SSSR count). The molecule has 8 heteroatoms. The summed E-state index contributed by atoms with van der Waals surface area (Å²) in [6, 6.07) is 18.0. The Balaban J connectivity index is 1.66. The van der Waals surface area contributed by atoms with Crippen LogP contribution in [0.4, 0.5) is 11.4 Å². The Morgan fingerprint density at radius 1 is 1.07 bits per heavy atom. The monoisotopic (exact) mass is 405 g/mol. The first kappa shape index (κ1) is 18.6. The van der Waals surface area contributed by atoms with Crippen LogP contribution in [-0.2, 0) is 6.54 Å². The second-order valence-corrected chi connectivity index (χ2v) is 6.70. The molecule has 0 atom stereocenters. The van der Waals surface area contributed by atoms with Gasteiger partial charge in [0.1, 0.15) is 0 Å². The smallest absolute Gasteiger partial charge is 0.271 e. The Morgan fingerprint density at radius 2 is 1.83 bits per heavy atom. The molecule has 144 valence electrons. The third-order valence-electron chi connectivity index (χ3n) is 4.40. The summed E-state index contributed by atoms with van der Waals surface area (Å²) in [6.45, 7) is 0.446. The van der Waals surface area contributed by atoms with Crippen LogP contribution >= 0.6 is 11.6 Å². The highest BCUT2D eigenvalue weighted by molar-refractivity contribution is 6.33. The van der Waals surface area contributed by atoms with Crippen molar-refractivity contribution in [2.45, 2.75) is 6.54 Å². The van der Waals surface area contributed by atoms with E-state index >= 15 is 0 Å². The number of hydrogen-bond donors (Lipinski definition) is 1. The predicted octanol–water partition coefficient (Wildman–Crippen LogP) is 5.11.